The number of fused-ring (bicyclic) bond motifs is 1. The van der Waals surface area contributed by atoms with Crippen molar-refractivity contribution >= 4 is 39.1 Å². The number of carbonyl (C=O) groups excluding carboxylic acids is 1. The molecule has 1 amide bonds. The minimum atomic E-state index is -4.08. The van der Waals surface area contributed by atoms with Gasteiger partial charge in [0.15, 0.2) is 0 Å². The van der Waals surface area contributed by atoms with Crippen LogP contribution in [0.2, 0.25) is 10.0 Å². The van der Waals surface area contributed by atoms with E-state index in [-0.39, 0.29) is 33.3 Å². The number of halogens is 3. The lowest BCUT2D eigenvalue weighted by Crippen LogP contribution is -2.36. The molecule has 0 heterocycles. The zero-order valence-electron chi connectivity index (χ0n) is 22.5. The fourth-order valence-electron chi connectivity index (χ4n) is 4.89. The third-order valence-electron chi connectivity index (χ3n) is 6.90. The molecule has 3 aromatic carbocycles. The molecule has 2 unspecified atom stereocenters. The highest BCUT2D eigenvalue weighted by Gasteiger charge is 2.27. The lowest BCUT2D eigenvalue weighted by molar-refractivity contribution is -0.122. The van der Waals surface area contributed by atoms with Gasteiger partial charge in [0, 0.05) is 13.0 Å². The van der Waals surface area contributed by atoms with Crippen LogP contribution < -0.4 is 15.4 Å². The van der Waals surface area contributed by atoms with E-state index in [1.807, 2.05) is 0 Å². The Morgan fingerprint density at radius 2 is 1.77 bits per heavy atom. The van der Waals surface area contributed by atoms with Crippen molar-refractivity contribution in [3.63, 3.8) is 0 Å². The average Bonchev–Trinajstić information content (AvgIpc) is 2.90. The first-order valence-electron chi connectivity index (χ1n) is 13.4. The van der Waals surface area contributed by atoms with Crippen LogP contribution in [0.5, 0.6) is 0 Å². The molecule has 1 aliphatic rings. The number of carbonyl (C=O) groups is 1. The van der Waals surface area contributed by atoms with Crippen molar-refractivity contribution in [2.45, 2.75) is 63.1 Å². The molecule has 214 valence electrons. The molecule has 3 aromatic rings. The van der Waals surface area contributed by atoms with Gasteiger partial charge < -0.3 is 10.6 Å². The van der Waals surface area contributed by atoms with Crippen LogP contribution in [0.1, 0.15) is 67.4 Å². The summed E-state index contributed by atoms with van der Waals surface area (Å²) in [5.41, 5.74) is 3.97. The maximum Gasteiger partial charge on any atom is 0.241 e. The molecular formula is C30H34Cl2FN3O3S. The molecule has 4 rings (SSSR count). The molecule has 6 nitrogen and oxygen atoms in total. The number of hydrogen-bond acceptors (Lipinski definition) is 4. The second kappa shape index (κ2) is 13.4. The molecule has 1 aliphatic carbocycles. The van der Waals surface area contributed by atoms with Crippen LogP contribution in [0.4, 0.5) is 4.39 Å². The normalized spacial score (nSPS) is 16.0. The van der Waals surface area contributed by atoms with Gasteiger partial charge in [-0.2, -0.15) is 0 Å². The Morgan fingerprint density at radius 1 is 1.02 bits per heavy atom. The fraction of sp³-hybridized carbons (Fsp3) is 0.367. The molecule has 0 radical (unpaired) electrons. The van der Waals surface area contributed by atoms with Crippen LogP contribution in [0.3, 0.4) is 0 Å². The van der Waals surface area contributed by atoms with Gasteiger partial charge in [0.2, 0.25) is 15.9 Å². The standard InChI is InChI=1S/C30H34Cl2FN3O3S/c1-19(2)17-34-18-20-6-12-25-22(14-20)4-3-5-28(25)35-30(37)16-29(21-7-9-23(33)10-8-21)36-40(38,39)24-11-13-26(31)27(32)15-24/h6-15,19,28-29,34,36H,3-5,16-18H2,1-2H3,(H,35,37). The molecule has 0 spiro atoms. The maximum absolute atomic E-state index is 13.6. The molecule has 0 aromatic heterocycles. The Labute approximate surface area is 245 Å². The maximum atomic E-state index is 13.6. The Kier molecular flexibility index (Phi) is 10.2. The molecule has 3 N–H and O–H groups in total. The van der Waals surface area contributed by atoms with Gasteiger partial charge in [-0.25, -0.2) is 17.5 Å². The van der Waals surface area contributed by atoms with Crippen molar-refractivity contribution in [1.82, 2.24) is 15.4 Å². The van der Waals surface area contributed by atoms with Gasteiger partial charge in [0.25, 0.3) is 0 Å². The van der Waals surface area contributed by atoms with E-state index < -0.39 is 21.9 Å². The van der Waals surface area contributed by atoms with Crippen molar-refractivity contribution < 1.29 is 17.6 Å². The zero-order chi connectivity index (χ0) is 28.9. The van der Waals surface area contributed by atoms with Gasteiger partial charge in [-0.1, -0.05) is 67.4 Å². The van der Waals surface area contributed by atoms with E-state index in [0.717, 1.165) is 37.9 Å². The van der Waals surface area contributed by atoms with Gasteiger partial charge in [-0.15, -0.1) is 0 Å². The molecule has 2 atom stereocenters. The SMILES string of the molecule is CC(C)CNCc1ccc2c(c1)CCCC2NC(=O)CC(NS(=O)(=O)c1ccc(Cl)c(Cl)c1)c1ccc(F)cc1. The van der Waals surface area contributed by atoms with Crippen molar-refractivity contribution in [1.29, 1.82) is 0 Å². The van der Waals surface area contributed by atoms with Crippen LogP contribution >= 0.6 is 23.2 Å². The first-order valence-corrected chi connectivity index (χ1v) is 15.6. The first-order chi connectivity index (χ1) is 19.0. The van der Waals surface area contributed by atoms with Crippen molar-refractivity contribution in [3.05, 3.63) is 98.8 Å². The highest BCUT2D eigenvalue weighted by Crippen LogP contribution is 2.31. The summed E-state index contributed by atoms with van der Waals surface area (Å²) >= 11 is 12.0. The summed E-state index contributed by atoms with van der Waals surface area (Å²) in [5, 5.41) is 6.89. The second-order valence-corrected chi connectivity index (χ2v) is 13.1. The molecule has 0 aliphatic heterocycles. The number of hydrogen-bond donors (Lipinski definition) is 3. The lowest BCUT2D eigenvalue weighted by atomic mass is 9.86. The monoisotopic (exact) mass is 605 g/mol. The van der Waals surface area contributed by atoms with Crippen LogP contribution in [0, 0.1) is 11.7 Å². The van der Waals surface area contributed by atoms with E-state index in [4.69, 9.17) is 23.2 Å². The van der Waals surface area contributed by atoms with E-state index in [0.29, 0.717) is 11.5 Å². The van der Waals surface area contributed by atoms with Crippen molar-refractivity contribution in [2.24, 2.45) is 5.92 Å². The highest BCUT2D eigenvalue weighted by molar-refractivity contribution is 7.89. The molecule has 0 bridgehead atoms. The second-order valence-electron chi connectivity index (χ2n) is 10.6. The molecule has 0 saturated heterocycles. The third-order valence-corrected chi connectivity index (χ3v) is 9.11. The number of benzene rings is 3. The van der Waals surface area contributed by atoms with Crippen molar-refractivity contribution in [2.75, 3.05) is 6.54 Å². The zero-order valence-corrected chi connectivity index (χ0v) is 24.8. The van der Waals surface area contributed by atoms with Crippen LogP contribution in [0.15, 0.2) is 65.6 Å². The summed E-state index contributed by atoms with van der Waals surface area (Å²) in [5.74, 6) is -0.201. The summed E-state index contributed by atoms with van der Waals surface area (Å²) in [7, 11) is -4.08. The summed E-state index contributed by atoms with van der Waals surface area (Å²) in [6.07, 6.45) is 2.50. The Hall–Kier alpha value is -2.49. The molecule has 0 fully saturated rings. The third kappa shape index (κ3) is 8.04. The summed E-state index contributed by atoms with van der Waals surface area (Å²) < 4.78 is 42.6. The number of nitrogens with one attached hydrogen (secondary N) is 3. The number of rotatable bonds is 11. The quantitative estimate of drug-likeness (QED) is 0.233. The summed E-state index contributed by atoms with van der Waals surface area (Å²) in [4.78, 5) is 13.2. The van der Waals surface area contributed by atoms with E-state index >= 15 is 0 Å². The topological polar surface area (TPSA) is 87.3 Å². The van der Waals surface area contributed by atoms with Gasteiger partial charge >= 0.3 is 0 Å². The highest BCUT2D eigenvalue weighted by atomic mass is 35.5. The molecule has 10 heteroatoms. The Morgan fingerprint density at radius 3 is 2.48 bits per heavy atom. The minimum absolute atomic E-state index is 0.0886. The fourth-order valence-corrected chi connectivity index (χ4v) is 6.51. The summed E-state index contributed by atoms with van der Waals surface area (Å²) in [6.45, 7) is 6.08. The van der Waals surface area contributed by atoms with Crippen LogP contribution in [-0.4, -0.2) is 20.9 Å². The largest absolute Gasteiger partial charge is 0.349 e. The van der Waals surface area contributed by atoms with Crippen LogP contribution in [0.25, 0.3) is 0 Å². The first kappa shape index (κ1) is 30.5. The van der Waals surface area contributed by atoms with Gasteiger partial charge in [-0.05, 0) is 84.3 Å². The Balaban J connectivity index is 1.50. The predicted molar refractivity (Wildman–Crippen MR) is 157 cm³/mol. The van der Waals surface area contributed by atoms with Crippen molar-refractivity contribution in [3.8, 4) is 0 Å². The van der Waals surface area contributed by atoms with Gasteiger partial charge in [-0.3, -0.25) is 4.79 Å². The molecule has 0 saturated carbocycles. The predicted octanol–water partition coefficient (Wildman–Crippen LogP) is 6.48. The summed E-state index contributed by atoms with van der Waals surface area (Å²) in [6, 6.07) is 14.6. The van der Waals surface area contributed by atoms with Gasteiger partial charge in [0.05, 0.1) is 27.0 Å². The number of aryl methyl sites for hydroxylation is 1. The molecule has 40 heavy (non-hydrogen) atoms. The average molecular weight is 607 g/mol. The number of amides is 1. The van der Waals surface area contributed by atoms with E-state index in [9.17, 15) is 17.6 Å². The van der Waals surface area contributed by atoms with E-state index in [2.05, 4.69) is 47.4 Å². The van der Waals surface area contributed by atoms with E-state index in [1.54, 1.807) is 0 Å². The van der Waals surface area contributed by atoms with Gasteiger partial charge in [0.1, 0.15) is 5.82 Å². The Bertz CT molecular complexity index is 1450. The number of sulfonamides is 1. The minimum Gasteiger partial charge on any atom is -0.349 e. The lowest BCUT2D eigenvalue weighted by Gasteiger charge is -2.28. The smallest absolute Gasteiger partial charge is 0.241 e. The molecular weight excluding hydrogens is 572 g/mol. The van der Waals surface area contributed by atoms with E-state index in [1.165, 1.54) is 53.6 Å². The van der Waals surface area contributed by atoms with Crippen LogP contribution in [-0.2, 0) is 27.8 Å².